The average Bonchev–Trinajstić information content (AvgIpc) is 2.74. The van der Waals surface area contributed by atoms with E-state index in [1.807, 2.05) is 26.8 Å². The van der Waals surface area contributed by atoms with E-state index in [-0.39, 0.29) is 23.3 Å². The Bertz CT molecular complexity index is 960. The van der Waals surface area contributed by atoms with Crippen LogP contribution in [0.3, 0.4) is 0 Å². The van der Waals surface area contributed by atoms with E-state index < -0.39 is 5.60 Å². The molecule has 1 aliphatic rings. The van der Waals surface area contributed by atoms with Gasteiger partial charge >= 0.3 is 6.09 Å². The third kappa shape index (κ3) is 6.39. The Morgan fingerprint density at radius 3 is 2.35 bits per heavy atom. The van der Waals surface area contributed by atoms with Crippen LogP contribution >= 0.6 is 0 Å². The van der Waals surface area contributed by atoms with Gasteiger partial charge in [0.1, 0.15) is 11.3 Å². The molecule has 0 unspecified atom stereocenters. The molecular formula is C22H29N5O4. The summed E-state index contributed by atoms with van der Waals surface area (Å²) < 4.78 is 6.62. The van der Waals surface area contributed by atoms with Crippen molar-refractivity contribution in [3.05, 3.63) is 58.5 Å². The molecule has 1 aliphatic heterocycles. The summed E-state index contributed by atoms with van der Waals surface area (Å²) in [5.41, 5.74) is -0.0241. The molecule has 1 aromatic carbocycles. The maximum Gasteiger partial charge on any atom is 0.410 e. The zero-order valence-electron chi connectivity index (χ0n) is 18.2. The Hall–Kier alpha value is -3.20. The summed E-state index contributed by atoms with van der Waals surface area (Å²) in [4.78, 5) is 40.6. The number of piperazine rings is 1. The lowest BCUT2D eigenvalue weighted by atomic mass is 10.2. The topological polar surface area (TPSA) is 96.8 Å². The lowest BCUT2D eigenvalue weighted by Crippen LogP contribution is -2.51. The molecule has 0 bridgehead atoms. The van der Waals surface area contributed by atoms with Crippen molar-refractivity contribution in [2.45, 2.75) is 26.4 Å². The second kappa shape index (κ2) is 9.74. The Balaban J connectivity index is 1.47. The predicted octanol–water partition coefficient (Wildman–Crippen LogP) is 1.51. The van der Waals surface area contributed by atoms with Crippen molar-refractivity contribution in [3.8, 4) is 5.69 Å². The molecule has 3 rings (SSSR count). The van der Waals surface area contributed by atoms with Gasteiger partial charge in [-0.1, -0.05) is 18.2 Å². The lowest BCUT2D eigenvalue weighted by molar-refractivity contribution is 0.0147. The first-order valence-electron chi connectivity index (χ1n) is 10.4. The van der Waals surface area contributed by atoms with E-state index in [1.54, 1.807) is 29.2 Å². The number of carbonyl (C=O) groups is 2. The molecule has 0 radical (unpaired) electrons. The van der Waals surface area contributed by atoms with Gasteiger partial charge in [0.2, 0.25) is 0 Å². The van der Waals surface area contributed by atoms with Crippen molar-refractivity contribution >= 4 is 12.0 Å². The van der Waals surface area contributed by atoms with Crippen LogP contribution in [0.1, 0.15) is 31.3 Å². The van der Waals surface area contributed by atoms with Crippen molar-refractivity contribution in [2.24, 2.45) is 0 Å². The summed E-state index contributed by atoms with van der Waals surface area (Å²) in [7, 11) is 0. The standard InChI is InChI=1S/C22H29N5O4/c1-22(2,3)31-21(30)26-15-13-25(14-16-26)12-11-23-20(29)18-9-10-19(28)27(24-18)17-7-5-4-6-8-17/h4-10H,11-16H2,1-3H3,(H,23,29). The smallest absolute Gasteiger partial charge is 0.410 e. The first-order chi connectivity index (χ1) is 14.7. The normalized spacial score (nSPS) is 14.9. The second-order valence-electron chi connectivity index (χ2n) is 8.37. The van der Waals surface area contributed by atoms with Crippen molar-refractivity contribution in [3.63, 3.8) is 0 Å². The lowest BCUT2D eigenvalue weighted by Gasteiger charge is -2.35. The Morgan fingerprint density at radius 1 is 1.03 bits per heavy atom. The number of benzene rings is 1. The van der Waals surface area contributed by atoms with E-state index in [2.05, 4.69) is 15.3 Å². The van der Waals surface area contributed by atoms with Gasteiger partial charge in [0.15, 0.2) is 0 Å². The number of nitrogens with one attached hydrogen (secondary N) is 1. The molecule has 0 aliphatic carbocycles. The summed E-state index contributed by atoms with van der Waals surface area (Å²) in [5.74, 6) is -0.336. The van der Waals surface area contributed by atoms with E-state index in [4.69, 9.17) is 4.74 Å². The van der Waals surface area contributed by atoms with Crippen LogP contribution in [-0.4, -0.2) is 76.5 Å². The largest absolute Gasteiger partial charge is 0.444 e. The fourth-order valence-corrected chi connectivity index (χ4v) is 3.19. The summed E-state index contributed by atoms with van der Waals surface area (Å²) in [6.07, 6.45) is -0.292. The molecule has 0 saturated carbocycles. The van der Waals surface area contributed by atoms with Crippen molar-refractivity contribution in [1.29, 1.82) is 0 Å². The van der Waals surface area contributed by atoms with Crippen LogP contribution in [0.15, 0.2) is 47.3 Å². The molecule has 166 valence electrons. The number of nitrogens with zero attached hydrogens (tertiary/aromatic N) is 4. The molecule has 1 saturated heterocycles. The van der Waals surface area contributed by atoms with Gasteiger partial charge in [0, 0.05) is 45.3 Å². The Kier molecular flexibility index (Phi) is 7.06. The monoisotopic (exact) mass is 427 g/mol. The van der Waals surface area contributed by atoms with Gasteiger partial charge in [0.25, 0.3) is 11.5 Å². The van der Waals surface area contributed by atoms with E-state index in [0.29, 0.717) is 45.0 Å². The molecule has 9 nitrogen and oxygen atoms in total. The van der Waals surface area contributed by atoms with Gasteiger partial charge in [-0.3, -0.25) is 14.5 Å². The number of carbonyl (C=O) groups excluding carboxylic acids is 2. The molecule has 31 heavy (non-hydrogen) atoms. The van der Waals surface area contributed by atoms with Crippen LogP contribution in [0, 0.1) is 0 Å². The van der Waals surface area contributed by atoms with Gasteiger partial charge in [0.05, 0.1) is 5.69 Å². The SMILES string of the molecule is CC(C)(C)OC(=O)N1CCN(CCNC(=O)c2ccc(=O)n(-c3ccccc3)n2)CC1. The van der Waals surface area contributed by atoms with Crippen LogP contribution in [0.4, 0.5) is 4.79 Å². The van der Waals surface area contributed by atoms with Crippen molar-refractivity contribution in [1.82, 2.24) is 24.9 Å². The number of hydrogen-bond donors (Lipinski definition) is 1. The quantitative estimate of drug-likeness (QED) is 0.777. The fraction of sp³-hybridized carbons (Fsp3) is 0.455. The molecule has 2 heterocycles. The van der Waals surface area contributed by atoms with E-state index in [9.17, 15) is 14.4 Å². The Labute approximate surface area is 181 Å². The van der Waals surface area contributed by atoms with Gasteiger partial charge in [-0.15, -0.1) is 0 Å². The number of hydrogen-bond acceptors (Lipinski definition) is 6. The molecule has 2 amide bonds. The number of amides is 2. The van der Waals surface area contributed by atoms with E-state index in [1.165, 1.54) is 16.8 Å². The molecule has 0 atom stereocenters. The first-order valence-corrected chi connectivity index (χ1v) is 10.4. The zero-order chi connectivity index (χ0) is 22.4. The maximum absolute atomic E-state index is 12.5. The van der Waals surface area contributed by atoms with Gasteiger partial charge in [-0.25, -0.2) is 4.79 Å². The van der Waals surface area contributed by atoms with Crippen LogP contribution < -0.4 is 10.9 Å². The highest BCUT2D eigenvalue weighted by Gasteiger charge is 2.25. The van der Waals surface area contributed by atoms with Crippen LogP contribution in [-0.2, 0) is 4.74 Å². The summed E-state index contributed by atoms with van der Waals surface area (Å²) in [5, 5.41) is 7.03. The van der Waals surface area contributed by atoms with Crippen LogP contribution in [0.2, 0.25) is 0 Å². The second-order valence-corrected chi connectivity index (χ2v) is 8.37. The summed E-state index contributed by atoms with van der Waals surface area (Å²) in [6, 6.07) is 11.7. The third-order valence-corrected chi connectivity index (χ3v) is 4.77. The number of rotatable bonds is 5. The number of ether oxygens (including phenoxy) is 1. The van der Waals surface area contributed by atoms with Crippen molar-refractivity contribution < 1.29 is 14.3 Å². The van der Waals surface area contributed by atoms with Crippen LogP contribution in [0.5, 0.6) is 0 Å². The molecule has 1 fully saturated rings. The minimum Gasteiger partial charge on any atom is -0.444 e. The summed E-state index contributed by atoms with van der Waals surface area (Å²) in [6.45, 7) is 9.26. The number of aromatic nitrogens is 2. The van der Waals surface area contributed by atoms with Gasteiger partial charge < -0.3 is 15.0 Å². The third-order valence-electron chi connectivity index (χ3n) is 4.77. The zero-order valence-corrected chi connectivity index (χ0v) is 18.2. The van der Waals surface area contributed by atoms with Gasteiger partial charge in [-0.2, -0.15) is 9.78 Å². The molecule has 0 spiro atoms. The highest BCUT2D eigenvalue weighted by molar-refractivity contribution is 5.92. The minimum absolute atomic E-state index is 0.179. The van der Waals surface area contributed by atoms with E-state index >= 15 is 0 Å². The van der Waals surface area contributed by atoms with Crippen molar-refractivity contribution in [2.75, 3.05) is 39.3 Å². The first kappa shape index (κ1) is 22.5. The number of para-hydroxylation sites is 1. The van der Waals surface area contributed by atoms with Crippen LogP contribution in [0.25, 0.3) is 5.69 Å². The molecule has 2 aromatic rings. The average molecular weight is 428 g/mol. The molecule has 9 heteroatoms. The minimum atomic E-state index is -0.504. The summed E-state index contributed by atoms with van der Waals surface area (Å²) >= 11 is 0. The maximum atomic E-state index is 12.5. The highest BCUT2D eigenvalue weighted by atomic mass is 16.6. The molecular weight excluding hydrogens is 398 g/mol. The Morgan fingerprint density at radius 2 is 1.71 bits per heavy atom. The molecule has 1 aromatic heterocycles. The highest BCUT2D eigenvalue weighted by Crippen LogP contribution is 2.11. The fourth-order valence-electron chi connectivity index (χ4n) is 3.19. The predicted molar refractivity (Wildman–Crippen MR) is 116 cm³/mol. The van der Waals surface area contributed by atoms with Gasteiger partial charge in [-0.05, 0) is 39.0 Å². The van der Waals surface area contributed by atoms with E-state index in [0.717, 1.165) is 0 Å². The molecule has 1 N–H and O–H groups in total.